The summed E-state index contributed by atoms with van der Waals surface area (Å²) in [5.41, 5.74) is 10.0. The van der Waals surface area contributed by atoms with Crippen molar-refractivity contribution in [3.8, 4) is 0 Å². The summed E-state index contributed by atoms with van der Waals surface area (Å²) in [4.78, 5) is 14.1. The molecular formula is C16H18N2O. The van der Waals surface area contributed by atoms with Crippen LogP contribution in [0.5, 0.6) is 0 Å². The predicted octanol–water partition coefficient (Wildman–Crippen LogP) is 3.16. The number of aryl methyl sites for hydroxylation is 2. The molecule has 0 heterocycles. The van der Waals surface area contributed by atoms with Crippen molar-refractivity contribution in [3.63, 3.8) is 0 Å². The highest BCUT2D eigenvalue weighted by molar-refractivity contribution is 6.09. The molecule has 3 heteroatoms. The van der Waals surface area contributed by atoms with Gasteiger partial charge in [-0.1, -0.05) is 29.8 Å². The molecule has 0 saturated carbocycles. The molecule has 0 saturated heterocycles. The number of anilines is 2. The van der Waals surface area contributed by atoms with Gasteiger partial charge < -0.3 is 10.6 Å². The fourth-order valence-electron chi connectivity index (χ4n) is 2.16. The number of carbonyl (C=O) groups is 1. The Bertz CT molecular complexity index is 620. The van der Waals surface area contributed by atoms with Crippen molar-refractivity contribution in [2.24, 2.45) is 0 Å². The molecule has 0 unspecified atom stereocenters. The molecule has 0 aliphatic heterocycles. The second kappa shape index (κ2) is 5.14. The Labute approximate surface area is 113 Å². The Balaban J connectivity index is 2.37. The van der Waals surface area contributed by atoms with Crippen molar-refractivity contribution in [2.75, 3.05) is 17.7 Å². The predicted molar refractivity (Wildman–Crippen MR) is 79.5 cm³/mol. The van der Waals surface area contributed by atoms with E-state index in [-0.39, 0.29) is 5.91 Å². The van der Waals surface area contributed by atoms with Crippen molar-refractivity contribution >= 4 is 17.3 Å². The van der Waals surface area contributed by atoms with E-state index in [1.165, 1.54) is 5.56 Å². The fourth-order valence-corrected chi connectivity index (χ4v) is 2.16. The van der Waals surface area contributed by atoms with E-state index in [1.54, 1.807) is 24.1 Å². The Morgan fingerprint density at radius 2 is 1.79 bits per heavy atom. The average molecular weight is 254 g/mol. The summed E-state index contributed by atoms with van der Waals surface area (Å²) in [6.07, 6.45) is 0. The first kappa shape index (κ1) is 13.1. The third-order valence-corrected chi connectivity index (χ3v) is 3.21. The van der Waals surface area contributed by atoms with Gasteiger partial charge in [0, 0.05) is 18.4 Å². The van der Waals surface area contributed by atoms with Crippen LogP contribution in [0.3, 0.4) is 0 Å². The molecule has 98 valence electrons. The Hall–Kier alpha value is -2.29. The number of nitrogens with two attached hydrogens (primary N) is 1. The molecule has 0 fully saturated rings. The molecule has 19 heavy (non-hydrogen) atoms. The summed E-state index contributed by atoms with van der Waals surface area (Å²) in [6, 6.07) is 13.2. The van der Waals surface area contributed by atoms with E-state index in [4.69, 9.17) is 5.73 Å². The highest BCUT2D eigenvalue weighted by Gasteiger charge is 2.16. The summed E-state index contributed by atoms with van der Waals surface area (Å²) >= 11 is 0. The number of hydrogen-bond acceptors (Lipinski definition) is 2. The monoisotopic (exact) mass is 254 g/mol. The molecule has 3 nitrogen and oxygen atoms in total. The van der Waals surface area contributed by atoms with Gasteiger partial charge >= 0.3 is 0 Å². The minimum atomic E-state index is -0.0925. The van der Waals surface area contributed by atoms with Gasteiger partial charge in [0.2, 0.25) is 0 Å². The lowest BCUT2D eigenvalue weighted by atomic mass is 10.1. The van der Waals surface area contributed by atoms with Crippen LogP contribution in [0.4, 0.5) is 11.4 Å². The number of amides is 1. The summed E-state index contributed by atoms with van der Waals surface area (Å²) < 4.78 is 0. The zero-order valence-corrected chi connectivity index (χ0v) is 11.5. The summed E-state index contributed by atoms with van der Waals surface area (Å²) in [5, 5.41) is 0. The van der Waals surface area contributed by atoms with Crippen LogP contribution in [-0.4, -0.2) is 13.0 Å². The SMILES string of the molecule is Cc1ccc(N(C)C(=O)c2ccccc2N)c(C)c1. The first-order valence-corrected chi connectivity index (χ1v) is 6.20. The number of nitrogens with zero attached hydrogens (tertiary/aromatic N) is 1. The van der Waals surface area contributed by atoms with Gasteiger partial charge in [-0.3, -0.25) is 4.79 Å². The number of hydrogen-bond donors (Lipinski definition) is 1. The Morgan fingerprint density at radius 1 is 1.11 bits per heavy atom. The maximum absolute atomic E-state index is 12.4. The lowest BCUT2D eigenvalue weighted by Gasteiger charge is -2.20. The highest BCUT2D eigenvalue weighted by atomic mass is 16.2. The topological polar surface area (TPSA) is 46.3 Å². The third kappa shape index (κ3) is 2.60. The minimum absolute atomic E-state index is 0.0925. The molecule has 0 aromatic heterocycles. The molecule has 1 amide bonds. The lowest BCUT2D eigenvalue weighted by molar-refractivity contribution is 0.0993. The zero-order valence-electron chi connectivity index (χ0n) is 11.5. The molecule has 2 aromatic carbocycles. The van der Waals surface area contributed by atoms with E-state index in [2.05, 4.69) is 6.07 Å². The van der Waals surface area contributed by atoms with Crippen LogP contribution in [-0.2, 0) is 0 Å². The number of nitrogen functional groups attached to an aromatic ring is 1. The molecule has 2 aromatic rings. The van der Waals surface area contributed by atoms with Crippen LogP contribution in [0.1, 0.15) is 21.5 Å². The lowest BCUT2D eigenvalue weighted by Crippen LogP contribution is -2.27. The maximum Gasteiger partial charge on any atom is 0.260 e. The number of rotatable bonds is 2. The van der Waals surface area contributed by atoms with Gasteiger partial charge in [-0.05, 0) is 37.6 Å². The Morgan fingerprint density at radius 3 is 2.42 bits per heavy atom. The zero-order chi connectivity index (χ0) is 14.0. The standard InChI is InChI=1S/C16H18N2O/c1-11-8-9-15(12(2)10-11)18(3)16(19)13-6-4-5-7-14(13)17/h4-10H,17H2,1-3H3. The van der Waals surface area contributed by atoms with E-state index in [9.17, 15) is 4.79 Å². The van der Waals surface area contributed by atoms with Crippen molar-refractivity contribution in [2.45, 2.75) is 13.8 Å². The largest absolute Gasteiger partial charge is 0.398 e. The number of benzene rings is 2. The van der Waals surface area contributed by atoms with Crippen molar-refractivity contribution in [3.05, 3.63) is 59.2 Å². The average Bonchev–Trinajstić information content (AvgIpc) is 2.38. The van der Waals surface area contributed by atoms with Gasteiger partial charge in [-0.15, -0.1) is 0 Å². The normalized spacial score (nSPS) is 10.3. The molecule has 2 rings (SSSR count). The second-order valence-corrected chi connectivity index (χ2v) is 4.74. The van der Waals surface area contributed by atoms with Crippen molar-refractivity contribution < 1.29 is 4.79 Å². The number of para-hydroxylation sites is 1. The smallest absolute Gasteiger partial charge is 0.260 e. The van der Waals surface area contributed by atoms with Gasteiger partial charge in [-0.25, -0.2) is 0 Å². The Kier molecular flexibility index (Phi) is 3.56. The van der Waals surface area contributed by atoms with E-state index in [0.29, 0.717) is 11.3 Å². The number of carbonyl (C=O) groups excluding carboxylic acids is 1. The molecule has 0 aliphatic rings. The van der Waals surface area contributed by atoms with Crippen LogP contribution in [0.25, 0.3) is 0 Å². The van der Waals surface area contributed by atoms with Crippen LogP contribution in [0.15, 0.2) is 42.5 Å². The van der Waals surface area contributed by atoms with Crippen molar-refractivity contribution in [1.29, 1.82) is 0 Å². The molecule has 0 bridgehead atoms. The molecule has 0 radical (unpaired) electrons. The highest BCUT2D eigenvalue weighted by Crippen LogP contribution is 2.23. The maximum atomic E-state index is 12.4. The van der Waals surface area contributed by atoms with Gasteiger partial charge in [0.15, 0.2) is 0 Å². The molecular weight excluding hydrogens is 236 g/mol. The third-order valence-electron chi connectivity index (χ3n) is 3.21. The van der Waals surface area contributed by atoms with Crippen LogP contribution in [0.2, 0.25) is 0 Å². The molecule has 0 atom stereocenters. The van der Waals surface area contributed by atoms with Crippen LogP contribution < -0.4 is 10.6 Å². The summed E-state index contributed by atoms with van der Waals surface area (Å²) in [7, 11) is 1.77. The van der Waals surface area contributed by atoms with Crippen LogP contribution in [0, 0.1) is 13.8 Å². The quantitative estimate of drug-likeness (QED) is 0.837. The van der Waals surface area contributed by atoms with Crippen LogP contribution >= 0.6 is 0 Å². The van der Waals surface area contributed by atoms with E-state index < -0.39 is 0 Å². The summed E-state index contributed by atoms with van der Waals surface area (Å²) in [5.74, 6) is -0.0925. The molecule has 2 N–H and O–H groups in total. The van der Waals surface area contributed by atoms with E-state index in [1.807, 2.05) is 38.1 Å². The van der Waals surface area contributed by atoms with E-state index in [0.717, 1.165) is 11.3 Å². The van der Waals surface area contributed by atoms with Crippen molar-refractivity contribution in [1.82, 2.24) is 0 Å². The molecule has 0 aliphatic carbocycles. The molecule has 0 spiro atoms. The van der Waals surface area contributed by atoms with Gasteiger partial charge in [0.1, 0.15) is 0 Å². The van der Waals surface area contributed by atoms with Gasteiger partial charge in [0.05, 0.1) is 5.56 Å². The minimum Gasteiger partial charge on any atom is -0.398 e. The van der Waals surface area contributed by atoms with E-state index >= 15 is 0 Å². The van der Waals surface area contributed by atoms with Gasteiger partial charge in [0.25, 0.3) is 5.91 Å². The first-order chi connectivity index (χ1) is 9.00. The first-order valence-electron chi connectivity index (χ1n) is 6.20. The fraction of sp³-hybridized carbons (Fsp3) is 0.188. The van der Waals surface area contributed by atoms with Gasteiger partial charge in [-0.2, -0.15) is 0 Å². The summed E-state index contributed by atoms with van der Waals surface area (Å²) in [6.45, 7) is 4.04. The second-order valence-electron chi connectivity index (χ2n) is 4.74.